The molecule has 0 saturated carbocycles. The Morgan fingerprint density at radius 1 is 1.33 bits per heavy atom. The first-order chi connectivity index (χ1) is 10.1. The van der Waals surface area contributed by atoms with Gasteiger partial charge in [0.1, 0.15) is 6.04 Å². The number of carboxylic acids is 1. The fourth-order valence-electron chi connectivity index (χ4n) is 2.39. The molecule has 1 aliphatic heterocycles. The largest absolute Gasteiger partial charge is 0.480 e. The molecular formula is C15H24N4O2. The first-order valence-electron chi connectivity index (χ1n) is 7.39. The van der Waals surface area contributed by atoms with Gasteiger partial charge in [0.15, 0.2) is 0 Å². The summed E-state index contributed by atoms with van der Waals surface area (Å²) in [5, 5.41) is 15.5. The topological polar surface area (TPSA) is 90.6 Å². The predicted octanol–water partition coefficient (Wildman–Crippen LogP) is -0.0419. The molecule has 0 spiro atoms. The van der Waals surface area contributed by atoms with Gasteiger partial charge in [0.05, 0.1) is 0 Å². The van der Waals surface area contributed by atoms with Crippen LogP contribution in [0.1, 0.15) is 5.56 Å². The normalized spacial score (nSPS) is 17.4. The Morgan fingerprint density at radius 2 is 2.00 bits per heavy atom. The second kappa shape index (κ2) is 7.97. The summed E-state index contributed by atoms with van der Waals surface area (Å²) in [6.07, 6.45) is 0.358. The summed E-state index contributed by atoms with van der Waals surface area (Å²) in [6.45, 7) is 6.29. The number of carboxylic acid groups (broad SMARTS) is 1. The van der Waals surface area contributed by atoms with Gasteiger partial charge in [0, 0.05) is 45.0 Å². The standard InChI is InChI=1S/C15H24N4O2/c16-14(15(20)21)11-12-1-3-13(4-2-12)18-7-10-19-8-5-17-6-9-19/h1-4,14,17-18H,5-11,16H2,(H,20,21)/t14-/m0/s1. The molecule has 1 aromatic carbocycles. The number of anilines is 1. The first-order valence-corrected chi connectivity index (χ1v) is 7.39. The predicted molar refractivity (Wildman–Crippen MR) is 83.6 cm³/mol. The molecule has 1 fully saturated rings. The highest BCUT2D eigenvalue weighted by Crippen LogP contribution is 2.10. The lowest BCUT2D eigenvalue weighted by molar-refractivity contribution is -0.138. The molecule has 21 heavy (non-hydrogen) atoms. The molecule has 1 saturated heterocycles. The van der Waals surface area contributed by atoms with E-state index in [9.17, 15) is 4.79 Å². The van der Waals surface area contributed by atoms with E-state index in [4.69, 9.17) is 10.8 Å². The van der Waals surface area contributed by atoms with E-state index in [0.717, 1.165) is 50.5 Å². The van der Waals surface area contributed by atoms with Gasteiger partial charge in [-0.25, -0.2) is 0 Å². The number of carbonyl (C=O) groups is 1. The Balaban J connectivity index is 1.73. The summed E-state index contributed by atoms with van der Waals surface area (Å²) in [4.78, 5) is 13.2. The van der Waals surface area contributed by atoms with Crippen molar-refractivity contribution in [3.8, 4) is 0 Å². The monoisotopic (exact) mass is 292 g/mol. The summed E-state index contributed by atoms with van der Waals surface area (Å²) in [5.74, 6) is -0.965. The van der Waals surface area contributed by atoms with Crippen molar-refractivity contribution in [2.45, 2.75) is 12.5 Å². The van der Waals surface area contributed by atoms with Gasteiger partial charge < -0.3 is 21.5 Å². The lowest BCUT2D eigenvalue weighted by Gasteiger charge is -2.27. The van der Waals surface area contributed by atoms with Gasteiger partial charge in [-0.15, -0.1) is 0 Å². The maximum absolute atomic E-state index is 10.7. The van der Waals surface area contributed by atoms with Crippen molar-refractivity contribution in [2.24, 2.45) is 5.73 Å². The Hall–Kier alpha value is -1.63. The molecule has 1 aliphatic rings. The Bertz CT molecular complexity index is 443. The Labute approximate surface area is 125 Å². The minimum absolute atomic E-state index is 0.358. The molecule has 6 nitrogen and oxygen atoms in total. The Kier molecular flexibility index (Phi) is 5.98. The van der Waals surface area contributed by atoms with Crippen molar-refractivity contribution in [1.29, 1.82) is 0 Å². The van der Waals surface area contributed by atoms with Crippen LogP contribution in [-0.2, 0) is 11.2 Å². The van der Waals surface area contributed by atoms with Gasteiger partial charge in [-0.3, -0.25) is 9.69 Å². The summed E-state index contributed by atoms with van der Waals surface area (Å²) in [6, 6.07) is 6.96. The van der Waals surface area contributed by atoms with E-state index in [0.29, 0.717) is 6.42 Å². The van der Waals surface area contributed by atoms with Crippen LogP contribution < -0.4 is 16.4 Å². The van der Waals surface area contributed by atoms with Crippen LogP contribution in [0.25, 0.3) is 0 Å². The van der Waals surface area contributed by atoms with E-state index in [1.807, 2.05) is 24.3 Å². The van der Waals surface area contributed by atoms with E-state index in [-0.39, 0.29) is 0 Å². The number of piperazine rings is 1. The van der Waals surface area contributed by atoms with E-state index in [1.165, 1.54) is 0 Å². The highest BCUT2D eigenvalue weighted by atomic mass is 16.4. The molecule has 1 heterocycles. The van der Waals surface area contributed by atoms with Gasteiger partial charge in [-0.2, -0.15) is 0 Å². The maximum atomic E-state index is 10.7. The molecule has 0 aliphatic carbocycles. The third-order valence-corrected chi connectivity index (χ3v) is 3.69. The minimum Gasteiger partial charge on any atom is -0.480 e. The highest BCUT2D eigenvalue weighted by molar-refractivity contribution is 5.73. The van der Waals surface area contributed by atoms with E-state index in [2.05, 4.69) is 15.5 Å². The van der Waals surface area contributed by atoms with Crippen molar-refractivity contribution in [3.05, 3.63) is 29.8 Å². The maximum Gasteiger partial charge on any atom is 0.320 e. The smallest absolute Gasteiger partial charge is 0.320 e. The van der Waals surface area contributed by atoms with Crippen molar-refractivity contribution < 1.29 is 9.90 Å². The fraction of sp³-hybridized carbons (Fsp3) is 0.533. The number of hydrogen-bond donors (Lipinski definition) is 4. The van der Waals surface area contributed by atoms with Gasteiger partial charge in [0.2, 0.25) is 0 Å². The Morgan fingerprint density at radius 3 is 2.62 bits per heavy atom. The molecule has 0 radical (unpaired) electrons. The lowest BCUT2D eigenvalue weighted by atomic mass is 10.1. The fourth-order valence-corrected chi connectivity index (χ4v) is 2.39. The second-order valence-electron chi connectivity index (χ2n) is 5.36. The van der Waals surface area contributed by atoms with Crippen LogP contribution in [-0.4, -0.2) is 61.3 Å². The van der Waals surface area contributed by atoms with Crippen molar-refractivity contribution in [2.75, 3.05) is 44.6 Å². The summed E-state index contributed by atoms with van der Waals surface area (Å²) >= 11 is 0. The van der Waals surface area contributed by atoms with Gasteiger partial charge in [0.25, 0.3) is 0 Å². The molecule has 2 rings (SSSR count). The molecule has 0 aromatic heterocycles. The van der Waals surface area contributed by atoms with E-state index >= 15 is 0 Å². The molecule has 0 bridgehead atoms. The number of hydrogen-bond acceptors (Lipinski definition) is 5. The van der Waals surface area contributed by atoms with E-state index < -0.39 is 12.0 Å². The third-order valence-electron chi connectivity index (χ3n) is 3.69. The van der Waals surface area contributed by atoms with Crippen LogP contribution in [0.5, 0.6) is 0 Å². The molecule has 1 aromatic rings. The number of benzene rings is 1. The molecule has 0 unspecified atom stereocenters. The zero-order valence-corrected chi connectivity index (χ0v) is 12.2. The molecular weight excluding hydrogens is 268 g/mol. The number of aliphatic carboxylic acids is 1. The zero-order valence-electron chi connectivity index (χ0n) is 12.2. The average Bonchev–Trinajstić information content (AvgIpc) is 2.50. The summed E-state index contributed by atoms with van der Waals surface area (Å²) < 4.78 is 0. The van der Waals surface area contributed by atoms with Crippen molar-refractivity contribution in [1.82, 2.24) is 10.2 Å². The minimum atomic E-state index is -0.965. The number of nitrogens with two attached hydrogens (primary N) is 1. The van der Waals surface area contributed by atoms with Crippen molar-refractivity contribution in [3.63, 3.8) is 0 Å². The summed E-state index contributed by atoms with van der Waals surface area (Å²) in [7, 11) is 0. The number of nitrogens with zero attached hydrogens (tertiary/aromatic N) is 1. The van der Waals surface area contributed by atoms with Gasteiger partial charge in [-0.1, -0.05) is 12.1 Å². The third kappa shape index (κ3) is 5.34. The second-order valence-corrected chi connectivity index (χ2v) is 5.36. The number of nitrogens with one attached hydrogen (secondary N) is 2. The van der Waals surface area contributed by atoms with E-state index in [1.54, 1.807) is 0 Å². The molecule has 1 atom stereocenters. The van der Waals surface area contributed by atoms with Crippen LogP contribution >= 0.6 is 0 Å². The average molecular weight is 292 g/mol. The zero-order chi connectivity index (χ0) is 15.1. The van der Waals surface area contributed by atoms with Crippen LogP contribution in [0.3, 0.4) is 0 Å². The van der Waals surface area contributed by atoms with Crippen molar-refractivity contribution >= 4 is 11.7 Å². The molecule has 6 heteroatoms. The quantitative estimate of drug-likeness (QED) is 0.564. The molecule has 116 valence electrons. The number of rotatable bonds is 7. The summed E-state index contributed by atoms with van der Waals surface area (Å²) in [5.41, 5.74) is 7.52. The van der Waals surface area contributed by atoms with Crippen LogP contribution in [0, 0.1) is 0 Å². The first kappa shape index (κ1) is 15.8. The van der Waals surface area contributed by atoms with Crippen LogP contribution in [0.15, 0.2) is 24.3 Å². The lowest BCUT2D eigenvalue weighted by Crippen LogP contribution is -2.45. The molecule has 0 amide bonds. The highest BCUT2D eigenvalue weighted by Gasteiger charge is 2.12. The molecule has 5 N–H and O–H groups in total. The van der Waals surface area contributed by atoms with Gasteiger partial charge in [-0.05, 0) is 24.1 Å². The van der Waals surface area contributed by atoms with Gasteiger partial charge >= 0.3 is 5.97 Å². The SMILES string of the molecule is N[C@@H](Cc1ccc(NCCN2CCNCC2)cc1)C(=O)O. The van der Waals surface area contributed by atoms with Crippen LogP contribution in [0.2, 0.25) is 0 Å². The van der Waals surface area contributed by atoms with Crippen LogP contribution in [0.4, 0.5) is 5.69 Å².